The van der Waals surface area contributed by atoms with Crippen LogP contribution in [0.2, 0.25) is 0 Å². The number of nitrogens with zero attached hydrogens (tertiary/aromatic N) is 1. The zero-order chi connectivity index (χ0) is 11.7. The van der Waals surface area contributed by atoms with E-state index in [4.69, 9.17) is 5.73 Å². The first-order chi connectivity index (χ1) is 7.58. The zero-order valence-corrected chi connectivity index (χ0v) is 10.6. The lowest BCUT2D eigenvalue weighted by Crippen LogP contribution is -2.40. The summed E-state index contributed by atoms with van der Waals surface area (Å²) in [6, 6.07) is 4.95. The summed E-state index contributed by atoms with van der Waals surface area (Å²) in [5.74, 6) is 0. The van der Waals surface area contributed by atoms with Crippen LogP contribution in [-0.2, 0) is 0 Å². The molecule has 0 atom stereocenters. The number of hydrogen-bond acceptors (Lipinski definition) is 2. The first-order valence-corrected chi connectivity index (χ1v) is 6.16. The highest BCUT2D eigenvalue weighted by Gasteiger charge is 2.19. The molecule has 0 amide bonds. The standard InChI is InChI=1S/C14H22N2/c1-10-8-11(2)14(12(3)9-10)16-6-4-13(15)5-7-16/h8-9,13H,4-7,15H2,1-3H3. The Morgan fingerprint density at radius 1 is 1.06 bits per heavy atom. The van der Waals surface area contributed by atoms with Crippen LogP contribution < -0.4 is 10.6 Å². The highest BCUT2D eigenvalue weighted by molar-refractivity contribution is 5.60. The van der Waals surface area contributed by atoms with Crippen LogP contribution in [0.5, 0.6) is 0 Å². The van der Waals surface area contributed by atoms with Crippen molar-refractivity contribution in [1.82, 2.24) is 0 Å². The van der Waals surface area contributed by atoms with Gasteiger partial charge in [-0.1, -0.05) is 17.7 Å². The Hall–Kier alpha value is -1.02. The molecular formula is C14H22N2. The molecule has 0 unspecified atom stereocenters. The van der Waals surface area contributed by atoms with Gasteiger partial charge in [0, 0.05) is 24.8 Å². The second-order valence-electron chi connectivity index (χ2n) is 5.07. The van der Waals surface area contributed by atoms with E-state index in [1.807, 2.05) is 0 Å². The Morgan fingerprint density at radius 3 is 2.06 bits per heavy atom. The molecule has 88 valence electrons. The molecule has 2 rings (SSSR count). The zero-order valence-electron chi connectivity index (χ0n) is 10.6. The minimum Gasteiger partial charge on any atom is -0.371 e. The van der Waals surface area contributed by atoms with Crippen molar-refractivity contribution in [3.8, 4) is 0 Å². The van der Waals surface area contributed by atoms with Gasteiger partial charge in [0.1, 0.15) is 0 Å². The van der Waals surface area contributed by atoms with E-state index in [2.05, 4.69) is 37.8 Å². The lowest BCUT2D eigenvalue weighted by molar-refractivity contribution is 0.500. The Bertz CT molecular complexity index is 353. The quantitative estimate of drug-likeness (QED) is 0.785. The maximum absolute atomic E-state index is 5.95. The van der Waals surface area contributed by atoms with Crippen molar-refractivity contribution in [3.63, 3.8) is 0 Å². The van der Waals surface area contributed by atoms with Gasteiger partial charge in [0.25, 0.3) is 0 Å². The van der Waals surface area contributed by atoms with Crippen LogP contribution in [0.15, 0.2) is 12.1 Å². The molecule has 1 aromatic carbocycles. The van der Waals surface area contributed by atoms with Gasteiger partial charge in [-0.2, -0.15) is 0 Å². The Labute approximate surface area is 98.4 Å². The summed E-state index contributed by atoms with van der Waals surface area (Å²) >= 11 is 0. The molecule has 0 bridgehead atoms. The monoisotopic (exact) mass is 218 g/mol. The highest BCUT2D eigenvalue weighted by atomic mass is 15.1. The fourth-order valence-corrected chi connectivity index (χ4v) is 2.79. The van der Waals surface area contributed by atoms with E-state index < -0.39 is 0 Å². The third-order valence-corrected chi connectivity index (χ3v) is 3.49. The lowest BCUT2D eigenvalue weighted by Gasteiger charge is -2.34. The van der Waals surface area contributed by atoms with Crippen LogP contribution in [0.1, 0.15) is 29.5 Å². The normalized spacial score (nSPS) is 17.9. The molecule has 0 saturated carbocycles. The molecule has 2 nitrogen and oxygen atoms in total. The topological polar surface area (TPSA) is 29.3 Å². The number of anilines is 1. The van der Waals surface area contributed by atoms with Crippen molar-refractivity contribution >= 4 is 5.69 Å². The second-order valence-corrected chi connectivity index (χ2v) is 5.07. The molecule has 1 aromatic rings. The SMILES string of the molecule is Cc1cc(C)c(N2CCC(N)CC2)c(C)c1. The third-order valence-electron chi connectivity index (χ3n) is 3.49. The average molecular weight is 218 g/mol. The van der Waals surface area contributed by atoms with Crippen LogP contribution in [-0.4, -0.2) is 19.1 Å². The molecule has 1 aliphatic rings. The van der Waals surface area contributed by atoms with E-state index in [9.17, 15) is 0 Å². The number of aryl methyl sites for hydroxylation is 3. The average Bonchev–Trinajstić information content (AvgIpc) is 2.19. The lowest BCUT2D eigenvalue weighted by atomic mass is 10.00. The van der Waals surface area contributed by atoms with Crippen molar-refractivity contribution < 1.29 is 0 Å². The first kappa shape index (κ1) is 11.5. The summed E-state index contributed by atoms with van der Waals surface area (Å²) in [6.45, 7) is 8.79. The van der Waals surface area contributed by atoms with Crippen LogP contribution >= 0.6 is 0 Å². The fourth-order valence-electron chi connectivity index (χ4n) is 2.79. The molecule has 1 fully saturated rings. The highest BCUT2D eigenvalue weighted by Crippen LogP contribution is 2.28. The van der Waals surface area contributed by atoms with Crippen molar-refractivity contribution in [3.05, 3.63) is 28.8 Å². The van der Waals surface area contributed by atoms with Gasteiger partial charge in [0.2, 0.25) is 0 Å². The molecule has 0 aromatic heterocycles. The molecular weight excluding hydrogens is 196 g/mol. The van der Waals surface area contributed by atoms with Gasteiger partial charge in [0.05, 0.1) is 0 Å². The predicted octanol–water partition coefficient (Wildman–Crippen LogP) is 2.54. The van der Waals surface area contributed by atoms with E-state index in [-0.39, 0.29) is 0 Å². The van der Waals surface area contributed by atoms with E-state index in [1.165, 1.54) is 22.4 Å². The van der Waals surface area contributed by atoms with Gasteiger partial charge in [-0.05, 0) is 44.7 Å². The van der Waals surface area contributed by atoms with Gasteiger partial charge >= 0.3 is 0 Å². The van der Waals surface area contributed by atoms with E-state index >= 15 is 0 Å². The van der Waals surface area contributed by atoms with Crippen molar-refractivity contribution in [2.75, 3.05) is 18.0 Å². The maximum atomic E-state index is 5.95. The van der Waals surface area contributed by atoms with Crippen molar-refractivity contribution in [2.24, 2.45) is 5.73 Å². The van der Waals surface area contributed by atoms with Crippen molar-refractivity contribution in [2.45, 2.75) is 39.7 Å². The molecule has 1 heterocycles. The smallest absolute Gasteiger partial charge is 0.0425 e. The largest absolute Gasteiger partial charge is 0.371 e. The molecule has 1 aliphatic heterocycles. The Morgan fingerprint density at radius 2 is 1.56 bits per heavy atom. The fraction of sp³-hybridized carbons (Fsp3) is 0.571. The minimum atomic E-state index is 0.405. The summed E-state index contributed by atoms with van der Waals surface area (Å²) in [5.41, 5.74) is 11.5. The van der Waals surface area contributed by atoms with Crippen LogP contribution in [0.4, 0.5) is 5.69 Å². The molecule has 0 aliphatic carbocycles. The van der Waals surface area contributed by atoms with Gasteiger partial charge in [-0.15, -0.1) is 0 Å². The van der Waals surface area contributed by atoms with Crippen molar-refractivity contribution in [1.29, 1.82) is 0 Å². The van der Waals surface area contributed by atoms with E-state index in [0.717, 1.165) is 25.9 Å². The number of nitrogens with two attached hydrogens (primary N) is 1. The molecule has 2 N–H and O–H groups in total. The van der Waals surface area contributed by atoms with Gasteiger partial charge in [0.15, 0.2) is 0 Å². The Kier molecular flexibility index (Phi) is 3.20. The van der Waals surface area contributed by atoms with Gasteiger partial charge < -0.3 is 10.6 Å². The third kappa shape index (κ3) is 2.22. The summed E-state index contributed by atoms with van der Waals surface area (Å²) in [4.78, 5) is 2.49. The predicted molar refractivity (Wildman–Crippen MR) is 70.1 cm³/mol. The molecule has 0 spiro atoms. The van der Waals surface area contributed by atoms with E-state index in [1.54, 1.807) is 0 Å². The molecule has 1 saturated heterocycles. The van der Waals surface area contributed by atoms with Crippen LogP contribution in [0.3, 0.4) is 0 Å². The summed E-state index contributed by atoms with van der Waals surface area (Å²) < 4.78 is 0. The molecule has 0 radical (unpaired) electrons. The Balaban J connectivity index is 2.26. The maximum Gasteiger partial charge on any atom is 0.0425 e. The number of benzene rings is 1. The molecule has 2 heteroatoms. The van der Waals surface area contributed by atoms with E-state index in [0.29, 0.717) is 6.04 Å². The van der Waals surface area contributed by atoms with Crippen LogP contribution in [0, 0.1) is 20.8 Å². The molecule has 16 heavy (non-hydrogen) atoms. The number of piperidine rings is 1. The van der Waals surface area contributed by atoms with Crippen LogP contribution in [0.25, 0.3) is 0 Å². The first-order valence-electron chi connectivity index (χ1n) is 6.16. The van der Waals surface area contributed by atoms with Gasteiger partial charge in [-0.3, -0.25) is 0 Å². The summed E-state index contributed by atoms with van der Waals surface area (Å²) in [5, 5.41) is 0. The van der Waals surface area contributed by atoms with Gasteiger partial charge in [-0.25, -0.2) is 0 Å². The number of rotatable bonds is 1. The summed E-state index contributed by atoms with van der Waals surface area (Å²) in [7, 11) is 0. The summed E-state index contributed by atoms with van der Waals surface area (Å²) in [6.07, 6.45) is 2.24. The number of hydrogen-bond donors (Lipinski definition) is 1. The minimum absolute atomic E-state index is 0.405. The second kappa shape index (κ2) is 4.46.